The Labute approximate surface area is 86.1 Å². The van der Waals surface area contributed by atoms with Crippen LogP contribution in [0.3, 0.4) is 0 Å². The highest BCUT2D eigenvalue weighted by Gasteiger charge is 2.46. The van der Waals surface area contributed by atoms with E-state index < -0.39 is 0 Å². The van der Waals surface area contributed by atoms with Gasteiger partial charge in [0.15, 0.2) is 0 Å². The number of ether oxygens (including phenoxy) is 1. The minimum Gasteiger partial charge on any atom is -0.494 e. The molecule has 1 atom stereocenters. The molecule has 1 fully saturated rings. The van der Waals surface area contributed by atoms with Crippen molar-refractivity contribution in [2.24, 2.45) is 5.41 Å². The Morgan fingerprint density at radius 3 is 2.29 bits per heavy atom. The first-order valence-electron chi connectivity index (χ1n) is 5.36. The van der Waals surface area contributed by atoms with E-state index in [0.717, 1.165) is 18.3 Å². The van der Waals surface area contributed by atoms with Crippen LogP contribution >= 0.6 is 0 Å². The third-order valence-corrected chi connectivity index (χ3v) is 3.11. The lowest BCUT2D eigenvalue weighted by molar-refractivity contribution is 0.340. The zero-order valence-electron chi connectivity index (χ0n) is 9.21. The molecule has 1 saturated carbocycles. The maximum Gasteiger partial charge on any atom is 0.119 e. The van der Waals surface area contributed by atoms with Crippen molar-refractivity contribution in [3.8, 4) is 5.75 Å². The largest absolute Gasteiger partial charge is 0.494 e. The van der Waals surface area contributed by atoms with Gasteiger partial charge in [0.25, 0.3) is 0 Å². The van der Waals surface area contributed by atoms with Crippen molar-refractivity contribution in [3.63, 3.8) is 0 Å². The molecule has 2 rings (SSSR count). The van der Waals surface area contributed by atoms with E-state index >= 15 is 0 Å². The fraction of sp³-hybridized carbons (Fsp3) is 0.538. The molecule has 1 unspecified atom stereocenters. The SMILES string of the molecule is CCOc1ccc(C2CC2(C)C)cc1. The van der Waals surface area contributed by atoms with E-state index in [9.17, 15) is 0 Å². The second-order valence-corrected chi connectivity index (χ2v) is 4.75. The monoisotopic (exact) mass is 190 g/mol. The van der Waals surface area contributed by atoms with Gasteiger partial charge in [0.05, 0.1) is 6.61 Å². The van der Waals surface area contributed by atoms with Crippen LogP contribution in [-0.4, -0.2) is 6.61 Å². The molecule has 1 heteroatoms. The van der Waals surface area contributed by atoms with Gasteiger partial charge in [0.1, 0.15) is 5.75 Å². The molecule has 1 aliphatic carbocycles. The van der Waals surface area contributed by atoms with Crippen LogP contribution in [0.25, 0.3) is 0 Å². The molecule has 0 bridgehead atoms. The van der Waals surface area contributed by atoms with Gasteiger partial charge >= 0.3 is 0 Å². The van der Waals surface area contributed by atoms with Gasteiger partial charge in [-0.1, -0.05) is 26.0 Å². The summed E-state index contributed by atoms with van der Waals surface area (Å²) in [6.07, 6.45) is 1.32. The number of hydrogen-bond acceptors (Lipinski definition) is 1. The maximum absolute atomic E-state index is 5.41. The standard InChI is InChI=1S/C13H18O/c1-4-14-11-7-5-10(6-8-11)12-9-13(12,2)3/h5-8,12H,4,9H2,1-3H3. The Bertz CT molecular complexity index is 311. The summed E-state index contributed by atoms with van der Waals surface area (Å²) < 4.78 is 5.41. The molecule has 14 heavy (non-hydrogen) atoms. The molecule has 0 aromatic heterocycles. The molecule has 0 amide bonds. The van der Waals surface area contributed by atoms with E-state index in [1.165, 1.54) is 12.0 Å². The quantitative estimate of drug-likeness (QED) is 0.707. The highest BCUT2D eigenvalue weighted by atomic mass is 16.5. The Morgan fingerprint density at radius 2 is 1.86 bits per heavy atom. The Hall–Kier alpha value is -0.980. The van der Waals surface area contributed by atoms with Gasteiger partial charge < -0.3 is 4.74 Å². The topological polar surface area (TPSA) is 9.23 Å². The molecule has 0 N–H and O–H groups in total. The van der Waals surface area contributed by atoms with E-state index in [4.69, 9.17) is 4.74 Å². The maximum atomic E-state index is 5.41. The van der Waals surface area contributed by atoms with Gasteiger partial charge in [-0.05, 0) is 42.4 Å². The average molecular weight is 190 g/mol. The molecule has 0 aliphatic heterocycles. The fourth-order valence-electron chi connectivity index (χ4n) is 2.00. The third kappa shape index (κ3) is 1.77. The van der Waals surface area contributed by atoms with Crippen LogP contribution in [0, 0.1) is 5.41 Å². The lowest BCUT2D eigenvalue weighted by atomic mass is 10.0. The normalized spacial score (nSPS) is 23.2. The van der Waals surface area contributed by atoms with Crippen molar-refractivity contribution in [2.45, 2.75) is 33.1 Å². The molecule has 1 aliphatic rings. The van der Waals surface area contributed by atoms with Gasteiger partial charge in [-0.25, -0.2) is 0 Å². The summed E-state index contributed by atoms with van der Waals surface area (Å²) in [5.41, 5.74) is 1.98. The first-order chi connectivity index (χ1) is 6.63. The van der Waals surface area contributed by atoms with Crippen LogP contribution in [-0.2, 0) is 0 Å². The lowest BCUT2D eigenvalue weighted by Crippen LogP contribution is -1.92. The summed E-state index contributed by atoms with van der Waals surface area (Å²) in [4.78, 5) is 0. The predicted octanol–water partition coefficient (Wildman–Crippen LogP) is 3.60. The number of rotatable bonds is 3. The Kier molecular flexibility index (Phi) is 2.26. The summed E-state index contributed by atoms with van der Waals surface area (Å²) in [6, 6.07) is 8.55. The molecular weight excluding hydrogens is 172 g/mol. The Morgan fingerprint density at radius 1 is 1.29 bits per heavy atom. The van der Waals surface area contributed by atoms with Gasteiger partial charge in [-0.15, -0.1) is 0 Å². The second-order valence-electron chi connectivity index (χ2n) is 4.75. The molecule has 1 aromatic carbocycles. The van der Waals surface area contributed by atoms with Crippen molar-refractivity contribution in [1.29, 1.82) is 0 Å². The first-order valence-corrected chi connectivity index (χ1v) is 5.36. The number of hydrogen-bond donors (Lipinski definition) is 0. The van der Waals surface area contributed by atoms with Gasteiger partial charge in [0.2, 0.25) is 0 Å². The zero-order valence-corrected chi connectivity index (χ0v) is 9.21. The Balaban J connectivity index is 2.08. The first kappa shape index (κ1) is 9.57. The minimum atomic E-state index is 0.521. The summed E-state index contributed by atoms with van der Waals surface area (Å²) in [5, 5.41) is 0. The van der Waals surface area contributed by atoms with Crippen molar-refractivity contribution in [1.82, 2.24) is 0 Å². The fourth-order valence-corrected chi connectivity index (χ4v) is 2.00. The minimum absolute atomic E-state index is 0.521. The summed E-state index contributed by atoms with van der Waals surface area (Å²) in [7, 11) is 0. The molecule has 1 nitrogen and oxygen atoms in total. The van der Waals surface area contributed by atoms with Crippen LogP contribution in [0.2, 0.25) is 0 Å². The average Bonchev–Trinajstić information content (AvgIpc) is 2.77. The predicted molar refractivity (Wildman–Crippen MR) is 58.8 cm³/mol. The van der Waals surface area contributed by atoms with Crippen molar-refractivity contribution >= 4 is 0 Å². The van der Waals surface area contributed by atoms with Crippen molar-refractivity contribution < 1.29 is 4.74 Å². The van der Waals surface area contributed by atoms with Crippen LogP contribution in [0.1, 0.15) is 38.7 Å². The lowest BCUT2D eigenvalue weighted by Gasteiger charge is -2.06. The zero-order chi connectivity index (χ0) is 10.2. The summed E-state index contributed by atoms with van der Waals surface area (Å²) >= 11 is 0. The third-order valence-electron chi connectivity index (χ3n) is 3.11. The van der Waals surface area contributed by atoms with Crippen molar-refractivity contribution in [3.05, 3.63) is 29.8 Å². The molecule has 1 aromatic rings. The van der Waals surface area contributed by atoms with E-state index in [0.29, 0.717) is 5.41 Å². The molecule has 0 radical (unpaired) electrons. The van der Waals surface area contributed by atoms with Gasteiger partial charge in [-0.3, -0.25) is 0 Å². The van der Waals surface area contributed by atoms with Gasteiger partial charge in [0, 0.05) is 0 Å². The van der Waals surface area contributed by atoms with Gasteiger partial charge in [-0.2, -0.15) is 0 Å². The van der Waals surface area contributed by atoms with Crippen molar-refractivity contribution in [2.75, 3.05) is 6.61 Å². The van der Waals surface area contributed by atoms with Crippen LogP contribution in [0.4, 0.5) is 0 Å². The smallest absolute Gasteiger partial charge is 0.119 e. The number of benzene rings is 1. The van der Waals surface area contributed by atoms with Crippen LogP contribution in [0.15, 0.2) is 24.3 Å². The van der Waals surface area contributed by atoms with E-state index in [2.05, 4.69) is 38.1 Å². The molecule has 0 saturated heterocycles. The van der Waals surface area contributed by atoms with Crippen LogP contribution < -0.4 is 4.74 Å². The second kappa shape index (κ2) is 3.30. The van der Waals surface area contributed by atoms with E-state index in [1.54, 1.807) is 0 Å². The summed E-state index contributed by atoms with van der Waals surface area (Å²) in [5.74, 6) is 1.74. The molecule has 76 valence electrons. The van der Waals surface area contributed by atoms with E-state index in [1.807, 2.05) is 6.92 Å². The molecular formula is C13H18O. The van der Waals surface area contributed by atoms with E-state index in [-0.39, 0.29) is 0 Å². The summed E-state index contributed by atoms with van der Waals surface area (Å²) in [6.45, 7) is 7.41. The highest BCUT2D eigenvalue weighted by molar-refractivity contribution is 5.33. The highest BCUT2D eigenvalue weighted by Crippen LogP contribution is 2.58. The van der Waals surface area contributed by atoms with Crippen LogP contribution in [0.5, 0.6) is 5.75 Å². The molecule has 0 heterocycles. The molecule has 0 spiro atoms.